The Bertz CT molecular complexity index is 779. The van der Waals surface area contributed by atoms with E-state index in [2.05, 4.69) is 10.4 Å². The van der Waals surface area contributed by atoms with Crippen LogP contribution in [0, 0.1) is 0 Å². The number of carbonyl (C=O) groups is 1. The maximum Gasteiger partial charge on any atom is 0.282 e. The van der Waals surface area contributed by atoms with Gasteiger partial charge in [0.1, 0.15) is 5.69 Å². The Hall–Kier alpha value is -1.66. The summed E-state index contributed by atoms with van der Waals surface area (Å²) in [6, 6.07) is 5.09. The van der Waals surface area contributed by atoms with Gasteiger partial charge in [-0.15, -0.1) is 0 Å². The molecule has 2 aromatic rings. The van der Waals surface area contributed by atoms with Gasteiger partial charge in [0.05, 0.1) is 5.56 Å². The van der Waals surface area contributed by atoms with Gasteiger partial charge < -0.3 is 5.32 Å². The van der Waals surface area contributed by atoms with Gasteiger partial charge in [-0.25, -0.2) is 8.78 Å². The van der Waals surface area contributed by atoms with Crippen LogP contribution in [0.3, 0.4) is 0 Å². The van der Waals surface area contributed by atoms with E-state index < -0.39 is 18.0 Å². The van der Waals surface area contributed by atoms with Gasteiger partial charge in [0.15, 0.2) is 0 Å². The highest BCUT2D eigenvalue weighted by atomic mass is 35.5. The van der Waals surface area contributed by atoms with E-state index in [-0.39, 0.29) is 17.5 Å². The first-order valence-electron chi connectivity index (χ1n) is 7.44. The van der Waals surface area contributed by atoms with Gasteiger partial charge in [0.25, 0.3) is 12.3 Å². The van der Waals surface area contributed by atoms with Crippen LogP contribution in [0.25, 0.3) is 0 Å². The average Bonchev–Trinajstić information content (AvgIpc) is 2.88. The van der Waals surface area contributed by atoms with Crippen LogP contribution in [-0.4, -0.2) is 21.7 Å². The Balaban J connectivity index is 1.76. The summed E-state index contributed by atoms with van der Waals surface area (Å²) < 4.78 is 27.2. The molecule has 3 rings (SSSR count). The van der Waals surface area contributed by atoms with Crippen molar-refractivity contribution in [2.45, 2.75) is 31.2 Å². The van der Waals surface area contributed by atoms with E-state index in [1.165, 1.54) is 17.9 Å². The minimum atomic E-state index is -2.80. The second kappa shape index (κ2) is 6.69. The van der Waals surface area contributed by atoms with Gasteiger partial charge in [0, 0.05) is 35.2 Å². The number of carbonyl (C=O) groups excluding carboxylic acids is 1. The van der Waals surface area contributed by atoms with Crippen molar-refractivity contribution < 1.29 is 13.6 Å². The summed E-state index contributed by atoms with van der Waals surface area (Å²) in [5.41, 5.74) is 0.300. The first kappa shape index (κ1) is 17.2. The fraction of sp³-hybridized carbons (Fsp3) is 0.375. The quantitative estimate of drug-likeness (QED) is 0.866. The van der Waals surface area contributed by atoms with Crippen molar-refractivity contribution in [3.05, 3.63) is 51.3 Å². The second-order valence-corrected chi connectivity index (χ2v) is 6.68. The van der Waals surface area contributed by atoms with Crippen LogP contribution < -0.4 is 5.32 Å². The van der Waals surface area contributed by atoms with Crippen molar-refractivity contribution in [1.29, 1.82) is 0 Å². The summed E-state index contributed by atoms with van der Waals surface area (Å²) in [5.74, 6) is -0.497. The maximum atomic E-state index is 13.0. The number of benzene rings is 1. The SMILES string of the molecule is Cn1cc(C(=O)N[C@@H]2CC[C@H]2c2ccc(Cl)cc2Cl)c(C(F)F)n1. The molecule has 0 radical (unpaired) electrons. The van der Waals surface area contributed by atoms with E-state index >= 15 is 0 Å². The Morgan fingerprint density at radius 1 is 1.38 bits per heavy atom. The Morgan fingerprint density at radius 2 is 2.12 bits per heavy atom. The van der Waals surface area contributed by atoms with Gasteiger partial charge in [-0.2, -0.15) is 5.10 Å². The number of hydrogen-bond donors (Lipinski definition) is 1. The first-order chi connectivity index (χ1) is 11.4. The van der Waals surface area contributed by atoms with E-state index in [4.69, 9.17) is 23.2 Å². The number of alkyl halides is 2. The van der Waals surface area contributed by atoms with Crippen LogP contribution >= 0.6 is 23.2 Å². The molecule has 24 heavy (non-hydrogen) atoms. The number of aromatic nitrogens is 2. The van der Waals surface area contributed by atoms with E-state index in [0.717, 1.165) is 18.4 Å². The lowest BCUT2D eigenvalue weighted by molar-refractivity contribution is 0.0891. The number of hydrogen-bond acceptors (Lipinski definition) is 2. The fourth-order valence-electron chi connectivity index (χ4n) is 2.94. The van der Waals surface area contributed by atoms with Gasteiger partial charge >= 0.3 is 0 Å². The van der Waals surface area contributed by atoms with Crippen LogP contribution in [0.1, 0.15) is 46.8 Å². The Labute approximate surface area is 147 Å². The summed E-state index contributed by atoms with van der Waals surface area (Å²) in [6.45, 7) is 0. The molecule has 1 N–H and O–H groups in total. The largest absolute Gasteiger partial charge is 0.349 e. The van der Waals surface area contributed by atoms with Crippen molar-refractivity contribution in [3.8, 4) is 0 Å². The monoisotopic (exact) mass is 373 g/mol. The third kappa shape index (κ3) is 3.26. The molecule has 1 aromatic heterocycles. The zero-order chi connectivity index (χ0) is 17.4. The molecule has 4 nitrogen and oxygen atoms in total. The minimum Gasteiger partial charge on any atom is -0.349 e. The fourth-order valence-corrected chi connectivity index (χ4v) is 3.48. The lowest BCUT2D eigenvalue weighted by Gasteiger charge is -2.38. The molecule has 1 aliphatic rings. The van der Waals surface area contributed by atoms with Gasteiger partial charge in [-0.1, -0.05) is 29.3 Å². The zero-order valence-corrected chi connectivity index (χ0v) is 14.3. The first-order valence-corrected chi connectivity index (χ1v) is 8.20. The number of halogens is 4. The number of aryl methyl sites for hydroxylation is 1. The molecule has 8 heteroatoms. The van der Waals surface area contributed by atoms with Gasteiger partial charge in [-0.3, -0.25) is 9.48 Å². The molecule has 128 valence electrons. The molecule has 1 aliphatic carbocycles. The van der Waals surface area contributed by atoms with Crippen LogP contribution in [-0.2, 0) is 7.05 Å². The van der Waals surface area contributed by atoms with Crippen LogP contribution in [0.15, 0.2) is 24.4 Å². The molecule has 1 aromatic carbocycles. The summed E-state index contributed by atoms with van der Waals surface area (Å²) in [5, 5.41) is 7.55. The predicted octanol–water partition coefficient (Wildman–Crippen LogP) is 4.34. The van der Waals surface area contributed by atoms with E-state index in [0.29, 0.717) is 10.0 Å². The number of rotatable bonds is 4. The summed E-state index contributed by atoms with van der Waals surface area (Å²) in [7, 11) is 1.50. The van der Waals surface area contributed by atoms with Gasteiger partial charge in [-0.05, 0) is 30.5 Å². The van der Waals surface area contributed by atoms with Crippen molar-refractivity contribution >= 4 is 29.1 Å². The maximum absolute atomic E-state index is 13.0. The third-order valence-electron chi connectivity index (χ3n) is 4.26. The van der Waals surface area contributed by atoms with E-state index in [9.17, 15) is 13.6 Å². The molecular formula is C16H15Cl2F2N3O. The lowest BCUT2D eigenvalue weighted by atomic mass is 9.75. The molecule has 0 bridgehead atoms. The molecule has 2 atom stereocenters. The van der Waals surface area contributed by atoms with Crippen LogP contribution in [0.4, 0.5) is 8.78 Å². The topological polar surface area (TPSA) is 46.9 Å². The van der Waals surface area contributed by atoms with E-state index in [1.54, 1.807) is 12.1 Å². The molecule has 0 saturated heterocycles. The van der Waals surface area contributed by atoms with Crippen molar-refractivity contribution in [1.82, 2.24) is 15.1 Å². The lowest BCUT2D eigenvalue weighted by Crippen LogP contribution is -2.45. The Morgan fingerprint density at radius 3 is 2.71 bits per heavy atom. The second-order valence-electron chi connectivity index (χ2n) is 5.83. The Kier molecular flexibility index (Phi) is 4.78. The zero-order valence-electron chi connectivity index (χ0n) is 12.8. The van der Waals surface area contributed by atoms with Crippen LogP contribution in [0.5, 0.6) is 0 Å². The van der Waals surface area contributed by atoms with Gasteiger partial charge in [0.2, 0.25) is 0 Å². The average molecular weight is 374 g/mol. The molecule has 0 aliphatic heterocycles. The predicted molar refractivity (Wildman–Crippen MR) is 87.9 cm³/mol. The van der Waals surface area contributed by atoms with Crippen molar-refractivity contribution in [2.24, 2.45) is 7.05 Å². The highest BCUT2D eigenvalue weighted by Crippen LogP contribution is 2.41. The number of nitrogens with one attached hydrogen (secondary N) is 1. The standard InChI is InChI=1S/C16H15Cl2F2N3O/c1-23-7-11(14(22-23)15(19)20)16(24)21-13-5-4-10(13)9-3-2-8(17)6-12(9)18/h2-3,6-7,10,13,15H,4-5H2,1H3,(H,21,24)/t10-,13+/m0/s1. The smallest absolute Gasteiger partial charge is 0.282 e. The highest BCUT2D eigenvalue weighted by molar-refractivity contribution is 6.35. The van der Waals surface area contributed by atoms with E-state index in [1.807, 2.05) is 6.07 Å². The molecule has 1 amide bonds. The van der Waals surface area contributed by atoms with Crippen LogP contribution in [0.2, 0.25) is 10.0 Å². The summed E-state index contributed by atoms with van der Waals surface area (Å²) in [4.78, 5) is 12.4. The van der Waals surface area contributed by atoms with Crippen molar-refractivity contribution in [3.63, 3.8) is 0 Å². The molecule has 0 spiro atoms. The molecule has 1 saturated carbocycles. The molecule has 1 fully saturated rings. The molecule has 0 unspecified atom stereocenters. The molecule has 1 heterocycles. The summed E-state index contributed by atoms with van der Waals surface area (Å²) >= 11 is 12.1. The number of amides is 1. The minimum absolute atomic E-state index is 0.0467. The molecular weight excluding hydrogens is 359 g/mol. The summed E-state index contributed by atoms with van der Waals surface area (Å²) in [6.07, 6.45) is 0.135. The van der Waals surface area contributed by atoms with Crippen molar-refractivity contribution in [2.75, 3.05) is 0 Å². The normalized spacial score (nSPS) is 20.1. The highest BCUT2D eigenvalue weighted by Gasteiger charge is 2.35. The third-order valence-corrected chi connectivity index (χ3v) is 4.82. The number of nitrogens with zero attached hydrogens (tertiary/aromatic N) is 2.